The lowest BCUT2D eigenvalue weighted by molar-refractivity contribution is -0.125. The molecule has 1 aromatic carbocycles. The molecule has 4 rings (SSSR count). The summed E-state index contributed by atoms with van der Waals surface area (Å²) >= 11 is 0. The van der Waals surface area contributed by atoms with Gasteiger partial charge in [0, 0.05) is 24.4 Å². The van der Waals surface area contributed by atoms with Crippen LogP contribution in [0.4, 0.5) is 0 Å². The highest BCUT2D eigenvalue weighted by Gasteiger charge is 2.38. The number of hydrogen-bond acceptors (Lipinski definition) is 3. The number of nitrogens with one attached hydrogen (secondary N) is 3. The van der Waals surface area contributed by atoms with Crippen molar-refractivity contribution in [2.45, 2.75) is 43.9 Å². The Kier molecular flexibility index (Phi) is 4.51. The number of aliphatic hydroxyl groups is 1. The second kappa shape index (κ2) is 6.96. The second-order valence-electron chi connectivity index (χ2n) is 7.30. The molecule has 2 aliphatic carbocycles. The summed E-state index contributed by atoms with van der Waals surface area (Å²) in [4.78, 5) is 27.6. The molecule has 3 atom stereocenters. The van der Waals surface area contributed by atoms with Crippen LogP contribution in [0, 0.1) is 5.92 Å². The van der Waals surface area contributed by atoms with Crippen LogP contribution in [-0.4, -0.2) is 40.1 Å². The number of carbonyl (C=O) groups is 2. The highest BCUT2D eigenvalue weighted by molar-refractivity contribution is 5.94. The molecule has 0 aliphatic heterocycles. The number of rotatable bonds is 4. The molecule has 0 bridgehead atoms. The summed E-state index contributed by atoms with van der Waals surface area (Å²) in [7, 11) is 0. The third-order valence-electron chi connectivity index (χ3n) is 5.47. The Bertz CT molecular complexity index is 777. The zero-order valence-electron chi connectivity index (χ0n) is 14.4. The van der Waals surface area contributed by atoms with Crippen LogP contribution >= 0.6 is 0 Å². The predicted molar refractivity (Wildman–Crippen MR) is 96.6 cm³/mol. The average Bonchev–Trinajstić information content (AvgIpc) is 3.34. The Morgan fingerprint density at radius 1 is 1.04 bits per heavy atom. The van der Waals surface area contributed by atoms with Crippen LogP contribution < -0.4 is 10.6 Å². The van der Waals surface area contributed by atoms with E-state index in [1.807, 2.05) is 12.1 Å². The molecule has 26 heavy (non-hydrogen) atoms. The maximum atomic E-state index is 12.6. The minimum atomic E-state index is -0.700. The van der Waals surface area contributed by atoms with E-state index in [-0.39, 0.29) is 23.8 Å². The summed E-state index contributed by atoms with van der Waals surface area (Å²) in [5, 5.41) is 16.2. The van der Waals surface area contributed by atoms with Crippen LogP contribution in [-0.2, 0) is 17.6 Å². The topological polar surface area (TPSA) is 94.2 Å². The van der Waals surface area contributed by atoms with Gasteiger partial charge < -0.3 is 20.7 Å². The molecule has 136 valence electrons. The molecule has 2 aromatic rings. The van der Waals surface area contributed by atoms with Crippen LogP contribution in [0.15, 0.2) is 42.7 Å². The normalized spacial score (nSPS) is 25.0. The third kappa shape index (κ3) is 3.37. The minimum absolute atomic E-state index is 0.0275. The molecule has 6 nitrogen and oxygen atoms in total. The Morgan fingerprint density at radius 3 is 2.42 bits per heavy atom. The Hall–Kier alpha value is -2.60. The number of carbonyl (C=O) groups excluding carboxylic acids is 2. The molecule has 1 saturated carbocycles. The number of H-pyrrole nitrogens is 1. The average molecular weight is 353 g/mol. The largest absolute Gasteiger partial charge is 0.391 e. The van der Waals surface area contributed by atoms with Crippen molar-refractivity contribution in [3.63, 3.8) is 0 Å². The summed E-state index contributed by atoms with van der Waals surface area (Å²) in [5.41, 5.74) is 3.11. The van der Waals surface area contributed by atoms with E-state index in [2.05, 4.69) is 27.8 Å². The summed E-state index contributed by atoms with van der Waals surface area (Å²) < 4.78 is 0. The van der Waals surface area contributed by atoms with Crippen LogP contribution in [0.2, 0.25) is 0 Å². The van der Waals surface area contributed by atoms with E-state index in [1.54, 1.807) is 18.5 Å². The van der Waals surface area contributed by atoms with Crippen molar-refractivity contribution in [2.24, 2.45) is 5.92 Å². The molecule has 6 heteroatoms. The number of fused-ring (bicyclic) bond motifs is 1. The maximum absolute atomic E-state index is 12.6. The van der Waals surface area contributed by atoms with Crippen molar-refractivity contribution < 1.29 is 14.7 Å². The molecule has 0 saturated heterocycles. The Morgan fingerprint density at radius 2 is 1.77 bits per heavy atom. The molecule has 2 aliphatic rings. The second-order valence-corrected chi connectivity index (χ2v) is 7.30. The number of amides is 2. The summed E-state index contributed by atoms with van der Waals surface area (Å²) in [6.45, 7) is 0. The van der Waals surface area contributed by atoms with Gasteiger partial charge in [-0.05, 0) is 42.9 Å². The van der Waals surface area contributed by atoms with Crippen molar-refractivity contribution in [3.8, 4) is 0 Å². The van der Waals surface area contributed by atoms with E-state index in [0.29, 0.717) is 18.4 Å². The summed E-state index contributed by atoms with van der Waals surface area (Å²) in [6, 6.07) is 9.65. The van der Waals surface area contributed by atoms with Gasteiger partial charge in [0.2, 0.25) is 5.91 Å². The van der Waals surface area contributed by atoms with Crippen molar-refractivity contribution in [2.75, 3.05) is 0 Å². The molecule has 0 spiro atoms. The fourth-order valence-electron chi connectivity index (χ4n) is 4.08. The predicted octanol–water partition coefficient (Wildman–Crippen LogP) is 1.17. The molecular formula is C20H23N3O3. The molecule has 4 N–H and O–H groups in total. The van der Waals surface area contributed by atoms with Gasteiger partial charge in [0.25, 0.3) is 5.91 Å². The number of hydrogen-bond donors (Lipinski definition) is 4. The maximum Gasteiger partial charge on any atom is 0.253 e. The zero-order valence-corrected chi connectivity index (χ0v) is 14.4. The van der Waals surface area contributed by atoms with Gasteiger partial charge in [0.15, 0.2) is 0 Å². The SMILES string of the molecule is O=C(N[C@@H]1C[C@H](C(=O)NC2Cc3ccccc3C2)C[C@H]1O)c1cc[nH]c1. The number of aliphatic hydroxyl groups excluding tert-OH is 1. The first-order chi connectivity index (χ1) is 12.6. The molecule has 1 heterocycles. The first kappa shape index (κ1) is 16.8. The van der Waals surface area contributed by atoms with Gasteiger partial charge in [-0.25, -0.2) is 0 Å². The van der Waals surface area contributed by atoms with Crippen molar-refractivity contribution in [1.82, 2.24) is 15.6 Å². The standard InChI is InChI=1S/C20H23N3O3/c24-18-10-15(9-17(18)23-19(25)14-5-6-21-11-14)20(26)22-16-7-12-3-1-2-4-13(12)8-16/h1-6,11,15-18,21,24H,7-10H2,(H,22,26)(H,23,25)/t15-,17+,18+/m0/s1. The Balaban J connectivity index is 1.31. The number of aromatic amines is 1. The van der Waals surface area contributed by atoms with Crippen LogP contribution in [0.25, 0.3) is 0 Å². The quantitative estimate of drug-likeness (QED) is 0.665. The zero-order chi connectivity index (χ0) is 18.1. The molecule has 2 amide bonds. The molecule has 0 radical (unpaired) electrons. The Labute approximate surface area is 152 Å². The fraction of sp³-hybridized carbons (Fsp3) is 0.400. The molecule has 1 aromatic heterocycles. The summed E-state index contributed by atoms with van der Waals surface area (Å²) in [6.07, 6.45) is 5.13. The smallest absolute Gasteiger partial charge is 0.253 e. The lowest BCUT2D eigenvalue weighted by Gasteiger charge is -2.17. The monoisotopic (exact) mass is 353 g/mol. The lowest BCUT2D eigenvalue weighted by Crippen LogP contribution is -2.40. The lowest BCUT2D eigenvalue weighted by atomic mass is 10.1. The summed E-state index contributed by atoms with van der Waals surface area (Å²) in [5.74, 6) is -0.534. The van der Waals surface area contributed by atoms with E-state index >= 15 is 0 Å². The number of benzene rings is 1. The van der Waals surface area contributed by atoms with Gasteiger partial charge >= 0.3 is 0 Å². The highest BCUT2D eigenvalue weighted by Crippen LogP contribution is 2.28. The van der Waals surface area contributed by atoms with Crippen LogP contribution in [0.1, 0.15) is 34.3 Å². The molecular weight excluding hydrogens is 330 g/mol. The van der Waals surface area contributed by atoms with Gasteiger partial charge in [0.05, 0.1) is 17.7 Å². The van der Waals surface area contributed by atoms with E-state index in [9.17, 15) is 14.7 Å². The van der Waals surface area contributed by atoms with E-state index in [0.717, 1.165) is 12.8 Å². The fourth-order valence-corrected chi connectivity index (χ4v) is 4.08. The minimum Gasteiger partial charge on any atom is -0.391 e. The first-order valence-corrected chi connectivity index (χ1v) is 9.09. The van der Waals surface area contributed by atoms with Crippen LogP contribution in [0.5, 0.6) is 0 Å². The van der Waals surface area contributed by atoms with Gasteiger partial charge in [-0.1, -0.05) is 24.3 Å². The molecule has 0 unspecified atom stereocenters. The van der Waals surface area contributed by atoms with E-state index < -0.39 is 12.1 Å². The van der Waals surface area contributed by atoms with Gasteiger partial charge in [0.1, 0.15) is 0 Å². The van der Waals surface area contributed by atoms with Crippen molar-refractivity contribution in [3.05, 3.63) is 59.4 Å². The van der Waals surface area contributed by atoms with Gasteiger partial charge in [-0.2, -0.15) is 0 Å². The third-order valence-corrected chi connectivity index (χ3v) is 5.47. The van der Waals surface area contributed by atoms with Crippen molar-refractivity contribution in [1.29, 1.82) is 0 Å². The number of aromatic nitrogens is 1. The van der Waals surface area contributed by atoms with Crippen LogP contribution in [0.3, 0.4) is 0 Å². The van der Waals surface area contributed by atoms with Gasteiger partial charge in [-0.15, -0.1) is 0 Å². The van der Waals surface area contributed by atoms with Crippen molar-refractivity contribution >= 4 is 11.8 Å². The molecule has 1 fully saturated rings. The van der Waals surface area contributed by atoms with E-state index in [4.69, 9.17) is 0 Å². The van der Waals surface area contributed by atoms with Gasteiger partial charge in [-0.3, -0.25) is 9.59 Å². The van der Waals surface area contributed by atoms with E-state index in [1.165, 1.54) is 11.1 Å². The first-order valence-electron chi connectivity index (χ1n) is 9.09. The highest BCUT2D eigenvalue weighted by atomic mass is 16.3.